The van der Waals surface area contributed by atoms with Crippen LogP contribution in [0.25, 0.3) is 0 Å². The molecule has 27 heavy (non-hydrogen) atoms. The van der Waals surface area contributed by atoms with E-state index in [9.17, 15) is 0 Å². The van der Waals surface area contributed by atoms with Gasteiger partial charge in [0.25, 0.3) is 0 Å². The predicted octanol–water partition coefficient (Wildman–Crippen LogP) is 2.90. The predicted molar refractivity (Wildman–Crippen MR) is 118 cm³/mol. The summed E-state index contributed by atoms with van der Waals surface area (Å²) in [6.07, 6.45) is 2.60. The molecular weight excluding hydrogens is 455 g/mol. The maximum Gasteiger partial charge on any atom is 0.188 e. The van der Waals surface area contributed by atoms with Gasteiger partial charge in [0, 0.05) is 30.3 Å². The molecule has 0 radical (unpaired) electrons. The first kappa shape index (κ1) is 21.3. The van der Waals surface area contributed by atoms with E-state index in [0.717, 1.165) is 29.2 Å². The van der Waals surface area contributed by atoms with Crippen molar-refractivity contribution in [2.45, 2.75) is 25.7 Å². The molecule has 1 aliphatic rings. The van der Waals surface area contributed by atoms with Crippen LogP contribution < -0.4 is 20.5 Å². The molecule has 1 aromatic carbocycles. The van der Waals surface area contributed by atoms with Gasteiger partial charge >= 0.3 is 0 Å². The van der Waals surface area contributed by atoms with Crippen LogP contribution in [0.1, 0.15) is 25.1 Å². The Kier molecular flexibility index (Phi) is 7.70. The molecular formula is C20H27IN4O2. The number of guanidine groups is 1. The lowest BCUT2D eigenvalue weighted by molar-refractivity contribution is 0.171. The molecule has 7 heteroatoms. The summed E-state index contributed by atoms with van der Waals surface area (Å²) < 4.78 is 11.3. The second-order valence-corrected chi connectivity index (χ2v) is 6.94. The minimum Gasteiger partial charge on any atom is -0.486 e. The molecule has 0 fully saturated rings. The Morgan fingerprint density at radius 1 is 1.19 bits per heavy atom. The molecule has 6 nitrogen and oxygen atoms in total. The quantitative estimate of drug-likeness (QED) is 0.376. The van der Waals surface area contributed by atoms with Gasteiger partial charge in [-0.25, -0.2) is 0 Å². The van der Waals surface area contributed by atoms with Crippen molar-refractivity contribution in [2.75, 3.05) is 26.3 Å². The van der Waals surface area contributed by atoms with Gasteiger partial charge in [0.2, 0.25) is 0 Å². The highest BCUT2D eigenvalue weighted by molar-refractivity contribution is 14.0. The molecule has 0 atom stereocenters. The molecule has 0 unspecified atom stereocenters. The number of rotatable bonds is 6. The van der Waals surface area contributed by atoms with Crippen molar-refractivity contribution in [2.24, 2.45) is 10.7 Å². The average molecular weight is 482 g/mol. The molecule has 0 saturated carbocycles. The topological polar surface area (TPSA) is 81.8 Å². The van der Waals surface area contributed by atoms with Crippen LogP contribution in [0.5, 0.6) is 11.5 Å². The number of hydrogen-bond acceptors (Lipinski definition) is 4. The van der Waals surface area contributed by atoms with E-state index in [4.69, 9.17) is 15.2 Å². The van der Waals surface area contributed by atoms with Crippen molar-refractivity contribution in [3.05, 3.63) is 53.9 Å². The third-order valence-corrected chi connectivity index (χ3v) is 4.38. The van der Waals surface area contributed by atoms with Crippen LogP contribution in [0.4, 0.5) is 0 Å². The maximum absolute atomic E-state index is 6.01. The summed E-state index contributed by atoms with van der Waals surface area (Å²) in [5.74, 6) is 2.05. The van der Waals surface area contributed by atoms with E-state index in [1.165, 1.54) is 0 Å². The lowest BCUT2D eigenvalue weighted by Crippen LogP contribution is -2.35. The first-order chi connectivity index (χ1) is 12.5. The van der Waals surface area contributed by atoms with Gasteiger partial charge in [0.1, 0.15) is 13.2 Å². The van der Waals surface area contributed by atoms with E-state index in [1.807, 2.05) is 30.3 Å². The van der Waals surface area contributed by atoms with Gasteiger partial charge in [0.05, 0.1) is 6.54 Å². The number of halogens is 1. The highest BCUT2D eigenvalue weighted by Crippen LogP contribution is 2.35. The van der Waals surface area contributed by atoms with Gasteiger partial charge in [-0.05, 0) is 29.8 Å². The Labute approximate surface area is 177 Å². The van der Waals surface area contributed by atoms with Crippen molar-refractivity contribution < 1.29 is 9.47 Å². The molecule has 0 spiro atoms. The summed E-state index contributed by atoms with van der Waals surface area (Å²) in [5, 5.41) is 3.15. The fraction of sp³-hybridized carbons (Fsp3) is 0.400. The second-order valence-electron chi connectivity index (χ2n) is 6.94. The average Bonchev–Trinajstić information content (AvgIpc) is 2.67. The molecule has 1 aromatic heterocycles. The molecule has 0 amide bonds. The number of hydrogen-bond donors (Lipinski definition) is 2. The molecule has 0 saturated heterocycles. The van der Waals surface area contributed by atoms with Crippen LogP contribution in [0.15, 0.2) is 47.6 Å². The highest BCUT2D eigenvalue weighted by Gasteiger charge is 2.23. The summed E-state index contributed by atoms with van der Waals surface area (Å²) in [4.78, 5) is 8.80. The van der Waals surface area contributed by atoms with Crippen molar-refractivity contribution in [3.8, 4) is 11.5 Å². The van der Waals surface area contributed by atoms with Crippen LogP contribution in [-0.2, 0) is 11.8 Å². The molecule has 0 aliphatic carbocycles. The molecule has 1 aliphatic heterocycles. The Morgan fingerprint density at radius 3 is 2.70 bits per heavy atom. The van der Waals surface area contributed by atoms with Crippen LogP contribution >= 0.6 is 24.0 Å². The Morgan fingerprint density at radius 2 is 1.96 bits per heavy atom. The number of aromatic nitrogens is 1. The first-order valence-electron chi connectivity index (χ1n) is 8.88. The molecule has 3 N–H and O–H groups in total. The van der Waals surface area contributed by atoms with E-state index in [2.05, 4.69) is 35.2 Å². The van der Waals surface area contributed by atoms with Crippen LogP contribution in [-0.4, -0.2) is 37.2 Å². The molecule has 0 bridgehead atoms. The fourth-order valence-electron chi connectivity index (χ4n) is 2.76. The van der Waals surface area contributed by atoms with Crippen LogP contribution in [0.3, 0.4) is 0 Å². The number of pyridine rings is 1. The van der Waals surface area contributed by atoms with Crippen molar-refractivity contribution in [1.29, 1.82) is 0 Å². The number of nitrogens with two attached hydrogens (primary N) is 1. The smallest absolute Gasteiger partial charge is 0.188 e. The minimum atomic E-state index is -0.164. The zero-order chi connectivity index (χ0) is 18.4. The number of fused-ring (bicyclic) bond motifs is 1. The van der Waals surface area contributed by atoms with Crippen molar-refractivity contribution in [3.63, 3.8) is 0 Å². The minimum absolute atomic E-state index is 0. The van der Waals surface area contributed by atoms with Gasteiger partial charge < -0.3 is 20.5 Å². The van der Waals surface area contributed by atoms with Crippen molar-refractivity contribution in [1.82, 2.24) is 10.3 Å². The van der Waals surface area contributed by atoms with Crippen LogP contribution in [0.2, 0.25) is 0 Å². The maximum atomic E-state index is 6.01. The number of nitrogens with one attached hydrogen (secondary N) is 1. The Balaban J connectivity index is 0.00000261. The number of aliphatic imine (C=N–C) groups is 1. The molecule has 146 valence electrons. The molecule has 2 aromatic rings. The third-order valence-electron chi connectivity index (χ3n) is 4.38. The van der Waals surface area contributed by atoms with E-state index in [0.29, 0.717) is 32.3 Å². The van der Waals surface area contributed by atoms with Gasteiger partial charge in [0.15, 0.2) is 17.5 Å². The Bertz CT molecular complexity index is 766. The summed E-state index contributed by atoms with van der Waals surface area (Å²) in [6.45, 7) is 6.75. The Hall–Kier alpha value is -2.03. The van der Waals surface area contributed by atoms with E-state index in [-0.39, 0.29) is 29.4 Å². The molecule has 2 heterocycles. The highest BCUT2D eigenvalue weighted by atomic mass is 127. The first-order valence-corrected chi connectivity index (χ1v) is 8.88. The lowest BCUT2D eigenvalue weighted by Gasteiger charge is -2.26. The summed E-state index contributed by atoms with van der Waals surface area (Å²) in [6, 6.07) is 12.0. The normalized spacial score (nSPS) is 13.6. The second kappa shape index (κ2) is 9.77. The fourth-order valence-corrected chi connectivity index (χ4v) is 2.76. The third kappa shape index (κ3) is 5.98. The zero-order valence-corrected chi connectivity index (χ0v) is 18.1. The van der Waals surface area contributed by atoms with Crippen molar-refractivity contribution >= 4 is 29.9 Å². The van der Waals surface area contributed by atoms with Gasteiger partial charge in [-0.15, -0.1) is 24.0 Å². The summed E-state index contributed by atoms with van der Waals surface area (Å²) >= 11 is 0. The largest absolute Gasteiger partial charge is 0.486 e. The monoisotopic (exact) mass is 482 g/mol. The van der Waals surface area contributed by atoms with E-state index < -0.39 is 0 Å². The van der Waals surface area contributed by atoms with Gasteiger partial charge in [-0.3, -0.25) is 9.98 Å². The number of nitrogens with zero attached hydrogens (tertiary/aromatic N) is 2. The van der Waals surface area contributed by atoms with E-state index >= 15 is 0 Å². The molecule has 3 rings (SSSR count). The number of ether oxygens (including phenoxy) is 2. The standard InChI is InChI=1S/C20H26N4O2.HI/c1-20(2,15-6-7-17-18(13-15)26-12-11-25-17)14-24-19(21)23-10-8-16-5-3-4-9-22-16;/h3-7,9,13H,8,10-12,14H2,1-2H3,(H3,21,23,24);1H. The van der Waals surface area contributed by atoms with Gasteiger partial charge in [-0.1, -0.05) is 26.0 Å². The van der Waals surface area contributed by atoms with Gasteiger partial charge in [-0.2, -0.15) is 0 Å². The number of benzene rings is 1. The van der Waals surface area contributed by atoms with E-state index in [1.54, 1.807) is 6.20 Å². The SMILES string of the molecule is CC(C)(CN=C(N)NCCc1ccccn1)c1ccc2c(c1)OCCO2.I. The summed E-state index contributed by atoms with van der Waals surface area (Å²) in [5.41, 5.74) is 8.02. The summed E-state index contributed by atoms with van der Waals surface area (Å²) in [7, 11) is 0. The lowest BCUT2D eigenvalue weighted by atomic mass is 9.84. The van der Waals surface area contributed by atoms with Crippen LogP contribution in [0, 0.1) is 0 Å². The zero-order valence-electron chi connectivity index (χ0n) is 15.8.